The lowest BCUT2D eigenvalue weighted by atomic mass is 10.3. The quantitative estimate of drug-likeness (QED) is 0.734. The van der Waals surface area contributed by atoms with Gasteiger partial charge in [-0.25, -0.2) is 18.1 Å². The molecule has 0 saturated heterocycles. The number of H-pyrrole nitrogens is 2. The summed E-state index contributed by atoms with van der Waals surface area (Å²) in [7, 11) is -3.55. The van der Waals surface area contributed by atoms with E-state index in [-0.39, 0.29) is 11.6 Å². The third-order valence-corrected chi connectivity index (χ3v) is 3.93. The maximum atomic E-state index is 12.0. The smallest absolute Gasteiger partial charge is 0.257 e. The number of hydrogen-bond donors (Lipinski definition) is 3. The summed E-state index contributed by atoms with van der Waals surface area (Å²) < 4.78 is 26.4. The lowest BCUT2D eigenvalue weighted by molar-refractivity contribution is 0.577. The summed E-state index contributed by atoms with van der Waals surface area (Å²) >= 11 is 0. The normalized spacial score (nSPS) is 11.9. The van der Waals surface area contributed by atoms with Crippen molar-refractivity contribution >= 4 is 10.0 Å². The minimum absolute atomic E-state index is 0.0838. The Morgan fingerprint density at radius 1 is 1.39 bits per heavy atom. The first-order chi connectivity index (χ1) is 8.53. The van der Waals surface area contributed by atoms with Crippen LogP contribution in [0.5, 0.6) is 0 Å². The molecule has 0 unspecified atom stereocenters. The van der Waals surface area contributed by atoms with Crippen molar-refractivity contribution in [3.8, 4) is 0 Å². The van der Waals surface area contributed by atoms with Crippen LogP contribution in [0.25, 0.3) is 0 Å². The Hall–Kier alpha value is -1.67. The van der Waals surface area contributed by atoms with Crippen LogP contribution in [0.2, 0.25) is 0 Å². The van der Waals surface area contributed by atoms with Crippen molar-refractivity contribution in [3.05, 3.63) is 29.5 Å². The SMILES string of the molecule is CCc1ncc(S(=O)(=O)NCc2cn[nH]c2C)[nH]1. The lowest BCUT2D eigenvalue weighted by Gasteiger charge is -2.03. The Labute approximate surface area is 105 Å². The molecule has 8 heteroatoms. The minimum atomic E-state index is -3.55. The van der Waals surface area contributed by atoms with E-state index in [0.29, 0.717) is 12.2 Å². The molecule has 0 radical (unpaired) electrons. The molecule has 98 valence electrons. The van der Waals surface area contributed by atoms with Crippen LogP contribution < -0.4 is 4.72 Å². The number of nitrogens with one attached hydrogen (secondary N) is 3. The first-order valence-electron chi connectivity index (χ1n) is 5.55. The van der Waals surface area contributed by atoms with Crippen molar-refractivity contribution < 1.29 is 8.42 Å². The van der Waals surface area contributed by atoms with Crippen molar-refractivity contribution in [1.82, 2.24) is 24.9 Å². The molecule has 0 fully saturated rings. The number of nitrogens with zero attached hydrogens (tertiary/aromatic N) is 2. The molecule has 0 aliphatic rings. The summed E-state index contributed by atoms with van der Waals surface area (Å²) in [4.78, 5) is 6.73. The van der Waals surface area contributed by atoms with Gasteiger partial charge in [-0.05, 0) is 6.92 Å². The van der Waals surface area contributed by atoms with Crippen molar-refractivity contribution in [2.75, 3.05) is 0 Å². The molecule has 0 bridgehead atoms. The molecule has 0 saturated carbocycles. The van der Waals surface area contributed by atoms with E-state index in [1.807, 2.05) is 13.8 Å². The highest BCUT2D eigenvalue weighted by molar-refractivity contribution is 7.89. The van der Waals surface area contributed by atoms with E-state index < -0.39 is 10.0 Å². The van der Waals surface area contributed by atoms with E-state index in [2.05, 4.69) is 24.9 Å². The van der Waals surface area contributed by atoms with Crippen LogP contribution in [-0.2, 0) is 23.0 Å². The van der Waals surface area contributed by atoms with E-state index in [9.17, 15) is 8.42 Å². The molecule has 2 rings (SSSR count). The minimum Gasteiger partial charge on any atom is -0.332 e. The zero-order valence-corrected chi connectivity index (χ0v) is 11.0. The fourth-order valence-electron chi connectivity index (χ4n) is 1.46. The van der Waals surface area contributed by atoms with Gasteiger partial charge < -0.3 is 4.98 Å². The van der Waals surface area contributed by atoms with Gasteiger partial charge in [-0.2, -0.15) is 5.10 Å². The predicted octanol–water partition coefficient (Wildman–Crippen LogP) is 0.482. The Morgan fingerprint density at radius 3 is 2.72 bits per heavy atom. The van der Waals surface area contributed by atoms with Gasteiger partial charge >= 0.3 is 0 Å². The Morgan fingerprint density at radius 2 is 2.17 bits per heavy atom. The number of aromatic nitrogens is 4. The second-order valence-corrected chi connectivity index (χ2v) is 5.63. The molecule has 0 aromatic carbocycles. The Kier molecular flexibility index (Phi) is 3.48. The fourth-order valence-corrected chi connectivity index (χ4v) is 2.41. The van der Waals surface area contributed by atoms with Crippen LogP contribution in [0.15, 0.2) is 17.4 Å². The maximum absolute atomic E-state index is 12.0. The second kappa shape index (κ2) is 4.91. The molecule has 3 N–H and O–H groups in total. The van der Waals surface area contributed by atoms with Gasteiger partial charge in [-0.3, -0.25) is 5.10 Å². The van der Waals surface area contributed by atoms with E-state index in [0.717, 1.165) is 11.3 Å². The highest BCUT2D eigenvalue weighted by atomic mass is 32.2. The molecule has 2 aromatic rings. The van der Waals surface area contributed by atoms with Crippen LogP contribution in [0.4, 0.5) is 0 Å². The molecule has 0 aliphatic heterocycles. The Balaban J connectivity index is 2.10. The fraction of sp³-hybridized carbons (Fsp3) is 0.400. The average molecular weight is 269 g/mol. The number of imidazole rings is 1. The summed E-state index contributed by atoms with van der Waals surface area (Å²) in [6.07, 6.45) is 3.59. The first kappa shape index (κ1) is 12.8. The first-order valence-corrected chi connectivity index (χ1v) is 7.03. The molecule has 0 spiro atoms. The molecular formula is C10H15N5O2S. The largest absolute Gasteiger partial charge is 0.332 e. The highest BCUT2D eigenvalue weighted by Gasteiger charge is 2.17. The molecule has 2 aromatic heterocycles. The summed E-state index contributed by atoms with van der Waals surface area (Å²) in [6.45, 7) is 3.94. The molecule has 18 heavy (non-hydrogen) atoms. The van der Waals surface area contributed by atoms with Crippen molar-refractivity contribution in [1.29, 1.82) is 0 Å². The van der Waals surface area contributed by atoms with Gasteiger partial charge in [0.2, 0.25) is 0 Å². The summed E-state index contributed by atoms with van der Waals surface area (Å²) in [6, 6.07) is 0. The molecule has 0 amide bonds. The van der Waals surface area contributed by atoms with Crippen LogP contribution in [0.3, 0.4) is 0 Å². The molecule has 7 nitrogen and oxygen atoms in total. The maximum Gasteiger partial charge on any atom is 0.257 e. The number of aryl methyl sites for hydroxylation is 2. The van der Waals surface area contributed by atoms with E-state index >= 15 is 0 Å². The van der Waals surface area contributed by atoms with Crippen molar-refractivity contribution in [3.63, 3.8) is 0 Å². The average Bonchev–Trinajstić information content (AvgIpc) is 2.95. The standard InChI is InChI=1S/C10H15N5O2S/c1-3-9-11-6-10(14-9)18(16,17)13-5-8-4-12-15-7(8)2/h4,6,13H,3,5H2,1-2H3,(H,11,14)(H,12,15). The number of aromatic amines is 2. The van der Waals surface area contributed by atoms with Crippen LogP contribution in [0, 0.1) is 6.92 Å². The molecule has 2 heterocycles. The zero-order valence-electron chi connectivity index (χ0n) is 10.2. The van der Waals surface area contributed by atoms with Crippen LogP contribution in [-0.4, -0.2) is 28.6 Å². The van der Waals surface area contributed by atoms with Crippen LogP contribution >= 0.6 is 0 Å². The topological polar surface area (TPSA) is 104 Å². The highest BCUT2D eigenvalue weighted by Crippen LogP contribution is 2.08. The van der Waals surface area contributed by atoms with Crippen molar-refractivity contribution in [2.24, 2.45) is 0 Å². The van der Waals surface area contributed by atoms with Gasteiger partial charge in [-0.15, -0.1) is 0 Å². The van der Waals surface area contributed by atoms with E-state index in [1.54, 1.807) is 6.20 Å². The second-order valence-electron chi connectivity index (χ2n) is 3.89. The predicted molar refractivity (Wildman–Crippen MR) is 65.3 cm³/mol. The Bertz CT molecular complexity index is 628. The van der Waals surface area contributed by atoms with Gasteiger partial charge in [0.05, 0.1) is 12.4 Å². The number of rotatable bonds is 5. The molecule has 0 atom stereocenters. The summed E-state index contributed by atoms with van der Waals surface area (Å²) in [5, 5.41) is 6.67. The van der Waals surface area contributed by atoms with Crippen LogP contribution in [0.1, 0.15) is 24.0 Å². The molecule has 0 aliphatic carbocycles. The summed E-state index contributed by atoms with van der Waals surface area (Å²) in [5.41, 5.74) is 1.66. The summed E-state index contributed by atoms with van der Waals surface area (Å²) in [5.74, 6) is 0.648. The van der Waals surface area contributed by atoms with Gasteiger partial charge in [0.15, 0.2) is 5.03 Å². The van der Waals surface area contributed by atoms with Gasteiger partial charge in [0.25, 0.3) is 10.0 Å². The third-order valence-electron chi connectivity index (χ3n) is 2.62. The zero-order chi connectivity index (χ0) is 13.2. The van der Waals surface area contributed by atoms with E-state index in [1.165, 1.54) is 6.20 Å². The lowest BCUT2D eigenvalue weighted by Crippen LogP contribution is -2.23. The molecular weight excluding hydrogens is 254 g/mol. The number of sulfonamides is 1. The number of hydrogen-bond acceptors (Lipinski definition) is 4. The van der Waals surface area contributed by atoms with Gasteiger partial charge in [-0.1, -0.05) is 6.92 Å². The monoisotopic (exact) mass is 269 g/mol. The van der Waals surface area contributed by atoms with Gasteiger partial charge in [0.1, 0.15) is 5.82 Å². The van der Waals surface area contributed by atoms with E-state index in [4.69, 9.17) is 0 Å². The van der Waals surface area contributed by atoms with Gasteiger partial charge in [0, 0.05) is 24.2 Å². The van der Waals surface area contributed by atoms with Crippen molar-refractivity contribution in [2.45, 2.75) is 31.8 Å². The third kappa shape index (κ3) is 2.59.